The monoisotopic (exact) mass is 269 g/mol. The van der Waals surface area contributed by atoms with Crippen LogP contribution in [0, 0.1) is 0 Å². The lowest BCUT2D eigenvalue weighted by atomic mass is 10.2. The van der Waals surface area contributed by atoms with E-state index in [9.17, 15) is 9.59 Å². The summed E-state index contributed by atoms with van der Waals surface area (Å²) in [6.45, 7) is 1.53. The molecule has 0 aliphatic carbocycles. The Bertz CT molecular complexity index is 381. The molecule has 0 saturated carbocycles. The van der Waals surface area contributed by atoms with Crippen LogP contribution in [0.1, 0.15) is 12.0 Å². The van der Waals surface area contributed by atoms with Gasteiger partial charge in [0, 0.05) is 24.7 Å². The Morgan fingerprint density at radius 3 is 2.56 bits per heavy atom. The predicted molar refractivity (Wildman–Crippen MR) is 70.4 cm³/mol. The van der Waals surface area contributed by atoms with Crippen molar-refractivity contribution in [2.45, 2.75) is 13.0 Å². The molecule has 98 valence electrons. The Kier molecular flexibility index (Phi) is 6.64. The fraction of sp³-hybridized carbons (Fsp3) is 0.333. The Balaban J connectivity index is 2.13. The van der Waals surface area contributed by atoms with E-state index in [4.69, 9.17) is 11.6 Å². The number of benzene rings is 1. The number of carbonyl (C=O) groups is 2. The average Bonchev–Trinajstić information content (AvgIpc) is 2.38. The third-order valence-electron chi connectivity index (χ3n) is 2.23. The summed E-state index contributed by atoms with van der Waals surface area (Å²) < 4.78 is 0. The molecule has 0 radical (unpaired) electrons. The fourth-order valence-electron chi connectivity index (χ4n) is 1.30. The lowest BCUT2D eigenvalue weighted by Gasteiger charge is -2.07. The minimum atomic E-state index is -0.226. The molecular weight excluding hydrogens is 254 g/mol. The van der Waals surface area contributed by atoms with Gasteiger partial charge in [0.2, 0.25) is 6.41 Å². The van der Waals surface area contributed by atoms with Crippen molar-refractivity contribution in [2.24, 2.45) is 0 Å². The maximum Gasteiger partial charge on any atom is 0.315 e. The smallest absolute Gasteiger partial charge is 0.315 e. The van der Waals surface area contributed by atoms with Gasteiger partial charge in [0.1, 0.15) is 0 Å². The van der Waals surface area contributed by atoms with Gasteiger partial charge in [-0.2, -0.15) is 0 Å². The topological polar surface area (TPSA) is 70.2 Å². The second kappa shape index (κ2) is 8.36. The number of urea groups is 1. The van der Waals surface area contributed by atoms with Crippen molar-refractivity contribution in [3.05, 3.63) is 34.9 Å². The van der Waals surface area contributed by atoms with E-state index in [0.717, 1.165) is 5.56 Å². The van der Waals surface area contributed by atoms with E-state index < -0.39 is 0 Å². The Morgan fingerprint density at radius 2 is 1.89 bits per heavy atom. The van der Waals surface area contributed by atoms with E-state index in [1.165, 1.54) is 0 Å². The summed E-state index contributed by atoms with van der Waals surface area (Å²) in [6.07, 6.45) is 1.34. The molecular formula is C12H16ClN3O2. The molecule has 1 rings (SSSR count). The zero-order chi connectivity index (χ0) is 13.2. The molecule has 0 bridgehead atoms. The summed E-state index contributed by atoms with van der Waals surface area (Å²) in [4.78, 5) is 21.3. The largest absolute Gasteiger partial charge is 0.359 e. The molecule has 0 spiro atoms. The van der Waals surface area contributed by atoms with Crippen LogP contribution in [0.5, 0.6) is 0 Å². The second-order valence-corrected chi connectivity index (χ2v) is 4.10. The number of rotatable bonds is 7. The Morgan fingerprint density at radius 1 is 1.17 bits per heavy atom. The van der Waals surface area contributed by atoms with Crippen LogP contribution in [0.3, 0.4) is 0 Å². The van der Waals surface area contributed by atoms with Crippen LogP contribution >= 0.6 is 11.6 Å². The lowest BCUT2D eigenvalue weighted by Crippen LogP contribution is -2.36. The van der Waals surface area contributed by atoms with Crippen LogP contribution in [0.15, 0.2) is 24.3 Å². The molecule has 6 heteroatoms. The number of amides is 3. The van der Waals surface area contributed by atoms with Gasteiger partial charge in [0.05, 0.1) is 0 Å². The predicted octanol–water partition coefficient (Wildman–Crippen LogP) is 1.28. The standard InChI is InChI=1S/C12H16ClN3O2/c13-11-4-2-10(3-5-11)8-16-12(18)15-7-1-6-14-9-17/h2-5,9H,1,6-8H2,(H,14,17)(H2,15,16,18). The number of nitrogens with one attached hydrogen (secondary N) is 3. The van der Waals surface area contributed by atoms with Crippen LogP contribution in [0.2, 0.25) is 5.02 Å². The summed E-state index contributed by atoms with van der Waals surface area (Å²) in [5.41, 5.74) is 0.983. The van der Waals surface area contributed by atoms with E-state index in [-0.39, 0.29) is 6.03 Å². The van der Waals surface area contributed by atoms with Gasteiger partial charge < -0.3 is 16.0 Å². The highest BCUT2D eigenvalue weighted by Gasteiger charge is 1.99. The second-order valence-electron chi connectivity index (χ2n) is 3.66. The first-order valence-electron chi connectivity index (χ1n) is 5.65. The van der Waals surface area contributed by atoms with Crippen molar-refractivity contribution >= 4 is 24.0 Å². The maximum atomic E-state index is 11.4. The van der Waals surface area contributed by atoms with Gasteiger partial charge in [0.15, 0.2) is 0 Å². The number of hydrogen-bond acceptors (Lipinski definition) is 2. The quantitative estimate of drug-likeness (QED) is 0.515. The molecule has 0 aliphatic heterocycles. The van der Waals surface area contributed by atoms with Crippen LogP contribution in [-0.4, -0.2) is 25.5 Å². The summed E-state index contributed by atoms with van der Waals surface area (Å²) in [5, 5.41) is 8.61. The molecule has 3 N–H and O–H groups in total. The average molecular weight is 270 g/mol. The zero-order valence-electron chi connectivity index (χ0n) is 9.91. The number of halogens is 1. The van der Waals surface area contributed by atoms with Gasteiger partial charge in [-0.1, -0.05) is 23.7 Å². The molecule has 1 aromatic carbocycles. The molecule has 0 saturated heterocycles. The van der Waals surface area contributed by atoms with Gasteiger partial charge >= 0.3 is 6.03 Å². The third-order valence-corrected chi connectivity index (χ3v) is 2.49. The molecule has 5 nitrogen and oxygen atoms in total. The van der Waals surface area contributed by atoms with Crippen LogP contribution in [-0.2, 0) is 11.3 Å². The SMILES string of the molecule is O=CNCCCNC(=O)NCc1ccc(Cl)cc1. The van der Waals surface area contributed by atoms with Crippen molar-refractivity contribution in [1.82, 2.24) is 16.0 Å². The molecule has 0 atom stereocenters. The van der Waals surface area contributed by atoms with Gasteiger partial charge in [-0.05, 0) is 24.1 Å². The van der Waals surface area contributed by atoms with Crippen molar-refractivity contribution in [2.75, 3.05) is 13.1 Å². The highest BCUT2D eigenvalue weighted by molar-refractivity contribution is 6.30. The number of hydrogen-bond donors (Lipinski definition) is 3. The molecule has 18 heavy (non-hydrogen) atoms. The highest BCUT2D eigenvalue weighted by Crippen LogP contribution is 2.08. The van der Waals surface area contributed by atoms with E-state index >= 15 is 0 Å². The minimum absolute atomic E-state index is 0.226. The first-order chi connectivity index (χ1) is 8.72. The summed E-state index contributed by atoms with van der Waals surface area (Å²) in [7, 11) is 0. The Hall–Kier alpha value is -1.75. The van der Waals surface area contributed by atoms with E-state index in [0.29, 0.717) is 37.5 Å². The number of carbonyl (C=O) groups excluding carboxylic acids is 2. The van der Waals surface area contributed by atoms with E-state index in [1.807, 2.05) is 12.1 Å². The van der Waals surface area contributed by atoms with Gasteiger partial charge in [-0.3, -0.25) is 4.79 Å². The summed E-state index contributed by atoms with van der Waals surface area (Å²) in [6, 6.07) is 7.05. The lowest BCUT2D eigenvalue weighted by molar-refractivity contribution is -0.109. The highest BCUT2D eigenvalue weighted by atomic mass is 35.5. The molecule has 3 amide bonds. The van der Waals surface area contributed by atoms with Gasteiger partial charge in [-0.15, -0.1) is 0 Å². The molecule has 0 unspecified atom stereocenters. The minimum Gasteiger partial charge on any atom is -0.359 e. The maximum absolute atomic E-state index is 11.4. The van der Waals surface area contributed by atoms with Crippen LogP contribution in [0.4, 0.5) is 4.79 Å². The van der Waals surface area contributed by atoms with Gasteiger partial charge in [-0.25, -0.2) is 4.79 Å². The van der Waals surface area contributed by atoms with Gasteiger partial charge in [0.25, 0.3) is 0 Å². The summed E-state index contributed by atoms with van der Waals surface area (Å²) >= 11 is 5.75. The molecule has 0 fully saturated rings. The molecule has 0 heterocycles. The van der Waals surface area contributed by atoms with Crippen molar-refractivity contribution in [3.63, 3.8) is 0 Å². The van der Waals surface area contributed by atoms with Crippen LogP contribution < -0.4 is 16.0 Å². The van der Waals surface area contributed by atoms with E-state index in [2.05, 4.69) is 16.0 Å². The normalized spacial score (nSPS) is 9.61. The summed E-state index contributed by atoms with van der Waals surface area (Å²) in [5.74, 6) is 0. The fourth-order valence-corrected chi connectivity index (χ4v) is 1.42. The zero-order valence-corrected chi connectivity index (χ0v) is 10.7. The Labute approximate surface area is 111 Å². The molecule has 1 aromatic rings. The first kappa shape index (κ1) is 14.3. The van der Waals surface area contributed by atoms with Crippen molar-refractivity contribution in [1.29, 1.82) is 0 Å². The van der Waals surface area contributed by atoms with E-state index in [1.54, 1.807) is 12.1 Å². The third kappa shape index (κ3) is 6.10. The first-order valence-corrected chi connectivity index (χ1v) is 6.03. The van der Waals surface area contributed by atoms with Crippen LogP contribution in [0.25, 0.3) is 0 Å². The molecule has 0 aromatic heterocycles. The van der Waals surface area contributed by atoms with Crippen molar-refractivity contribution in [3.8, 4) is 0 Å². The van der Waals surface area contributed by atoms with Crippen molar-refractivity contribution < 1.29 is 9.59 Å². The molecule has 0 aliphatic rings.